The first-order valence-corrected chi connectivity index (χ1v) is 6.58. The fraction of sp³-hybridized carbons (Fsp3) is 0.462. The third-order valence-electron chi connectivity index (χ3n) is 2.37. The molecule has 1 aromatic carbocycles. The standard InChI is InChI=1S/C13H20ClN3O2/c1-17(2)9-13(19)16-12-6-4-3-5-11(12)15-8-10(18)7-14/h3-6,10,15,18H,7-9H2,1-2H3,(H,16,19). The van der Waals surface area contributed by atoms with Crippen LogP contribution in [0.15, 0.2) is 24.3 Å². The van der Waals surface area contributed by atoms with E-state index in [2.05, 4.69) is 10.6 Å². The minimum Gasteiger partial charge on any atom is -0.390 e. The number of carbonyl (C=O) groups excluding carboxylic acids is 1. The first-order chi connectivity index (χ1) is 9.02. The van der Waals surface area contributed by atoms with E-state index >= 15 is 0 Å². The highest BCUT2D eigenvalue weighted by molar-refractivity contribution is 6.18. The number of halogens is 1. The number of nitrogens with one attached hydrogen (secondary N) is 2. The maximum Gasteiger partial charge on any atom is 0.238 e. The van der Waals surface area contributed by atoms with Gasteiger partial charge in [0.15, 0.2) is 0 Å². The average Bonchev–Trinajstić information content (AvgIpc) is 2.36. The third-order valence-corrected chi connectivity index (χ3v) is 2.72. The largest absolute Gasteiger partial charge is 0.390 e. The maximum atomic E-state index is 11.7. The van der Waals surface area contributed by atoms with Crippen LogP contribution in [0, 0.1) is 0 Å². The number of hydrogen-bond donors (Lipinski definition) is 3. The number of amides is 1. The predicted molar refractivity (Wildman–Crippen MR) is 78.8 cm³/mol. The van der Waals surface area contributed by atoms with Crippen molar-refractivity contribution in [3.8, 4) is 0 Å². The lowest BCUT2D eigenvalue weighted by Crippen LogP contribution is -2.27. The van der Waals surface area contributed by atoms with Gasteiger partial charge in [-0.05, 0) is 26.2 Å². The Morgan fingerprint density at radius 2 is 2.00 bits per heavy atom. The number of aliphatic hydroxyl groups excluding tert-OH is 1. The number of rotatable bonds is 7. The summed E-state index contributed by atoms with van der Waals surface area (Å²) < 4.78 is 0. The van der Waals surface area contributed by atoms with Crippen molar-refractivity contribution in [1.82, 2.24) is 4.90 Å². The number of aliphatic hydroxyl groups is 1. The molecule has 0 aliphatic rings. The third kappa shape index (κ3) is 5.92. The van der Waals surface area contributed by atoms with Gasteiger partial charge < -0.3 is 20.6 Å². The summed E-state index contributed by atoms with van der Waals surface area (Å²) in [7, 11) is 3.67. The molecular weight excluding hydrogens is 266 g/mol. The fourth-order valence-corrected chi connectivity index (χ4v) is 1.61. The monoisotopic (exact) mass is 285 g/mol. The highest BCUT2D eigenvalue weighted by Gasteiger charge is 2.08. The maximum absolute atomic E-state index is 11.7. The second kappa shape index (κ2) is 7.99. The van der Waals surface area contributed by atoms with E-state index in [-0.39, 0.29) is 11.8 Å². The Hall–Kier alpha value is -1.30. The average molecular weight is 286 g/mol. The van der Waals surface area contributed by atoms with Gasteiger partial charge >= 0.3 is 0 Å². The first-order valence-electron chi connectivity index (χ1n) is 6.04. The number of nitrogens with zero attached hydrogens (tertiary/aromatic N) is 1. The molecule has 1 atom stereocenters. The summed E-state index contributed by atoms with van der Waals surface area (Å²) in [6, 6.07) is 7.35. The summed E-state index contributed by atoms with van der Waals surface area (Å²) >= 11 is 5.53. The molecule has 0 saturated carbocycles. The highest BCUT2D eigenvalue weighted by atomic mass is 35.5. The molecule has 0 fully saturated rings. The van der Waals surface area contributed by atoms with Crippen molar-refractivity contribution in [2.24, 2.45) is 0 Å². The molecule has 0 spiro atoms. The number of benzene rings is 1. The smallest absolute Gasteiger partial charge is 0.238 e. The Labute approximate surface area is 118 Å². The van der Waals surface area contributed by atoms with Crippen LogP contribution in [0.2, 0.25) is 0 Å². The van der Waals surface area contributed by atoms with Crippen LogP contribution in [-0.2, 0) is 4.79 Å². The molecular formula is C13H20ClN3O2. The molecule has 1 unspecified atom stereocenters. The lowest BCUT2D eigenvalue weighted by atomic mass is 10.2. The Kier molecular flexibility index (Phi) is 6.62. The van der Waals surface area contributed by atoms with Crippen LogP contribution in [0.1, 0.15) is 0 Å². The van der Waals surface area contributed by atoms with Crippen molar-refractivity contribution in [1.29, 1.82) is 0 Å². The van der Waals surface area contributed by atoms with Crippen LogP contribution < -0.4 is 10.6 Å². The number of carbonyl (C=O) groups is 1. The Balaban J connectivity index is 2.65. The summed E-state index contributed by atoms with van der Waals surface area (Å²) in [5, 5.41) is 15.3. The van der Waals surface area contributed by atoms with Crippen LogP contribution in [0.5, 0.6) is 0 Å². The van der Waals surface area contributed by atoms with Gasteiger partial charge in [0, 0.05) is 6.54 Å². The van der Waals surface area contributed by atoms with Gasteiger partial charge in [-0.15, -0.1) is 11.6 Å². The number of hydrogen-bond acceptors (Lipinski definition) is 4. The van der Waals surface area contributed by atoms with Crippen LogP contribution in [-0.4, -0.2) is 55.1 Å². The van der Waals surface area contributed by atoms with E-state index in [0.717, 1.165) is 5.69 Å². The van der Waals surface area contributed by atoms with E-state index in [9.17, 15) is 9.90 Å². The van der Waals surface area contributed by atoms with Crippen molar-refractivity contribution in [3.05, 3.63) is 24.3 Å². The summed E-state index contributed by atoms with van der Waals surface area (Å²) in [6.45, 7) is 0.655. The summed E-state index contributed by atoms with van der Waals surface area (Å²) in [5.74, 6) is 0.0828. The van der Waals surface area contributed by atoms with E-state index in [1.54, 1.807) is 4.90 Å². The Morgan fingerprint density at radius 3 is 2.58 bits per heavy atom. The minimum atomic E-state index is -0.618. The second-order valence-corrected chi connectivity index (χ2v) is 4.83. The van der Waals surface area contributed by atoms with Gasteiger partial charge in [-0.2, -0.15) is 0 Å². The van der Waals surface area contributed by atoms with E-state index in [1.807, 2.05) is 38.4 Å². The second-order valence-electron chi connectivity index (χ2n) is 4.52. The molecule has 1 rings (SSSR count). The zero-order chi connectivity index (χ0) is 14.3. The normalized spacial score (nSPS) is 12.3. The lowest BCUT2D eigenvalue weighted by molar-refractivity contribution is -0.116. The molecule has 106 valence electrons. The zero-order valence-electron chi connectivity index (χ0n) is 11.2. The van der Waals surface area contributed by atoms with Gasteiger partial charge in [0.05, 0.1) is 29.9 Å². The lowest BCUT2D eigenvalue weighted by Gasteiger charge is -2.15. The van der Waals surface area contributed by atoms with Crippen LogP contribution in [0.4, 0.5) is 11.4 Å². The van der Waals surface area contributed by atoms with Crippen molar-refractivity contribution in [2.75, 3.05) is 43.7 Å². The zero-order valence-corrected chi connectivity index (χ0v) is 11.9. The molecule has 0 bridgehead atoms. The highest BCUT2D eigenvalue weighted by Crippen LogP contribution is 2.20. The molecule has 0 radical (unpaired) electrons. The molecule has 1 aromatic rings. The Bertz CT molecular complexity index is 413. The topological polar surface area (TPSA) is 64.6 Å². The fourth-order valence-electron chi connectivity index (χ4n) is 1.51. The predicted octanol–water partition coefficient (Wildman–Crippen LogP) is 1.20. The van der Waals surface area contributed by atoms with Crippen LogP contribution in [0.25, 0.3) is 0 Å². The van der Waals surface area contributed by atoms with E-state index < -0.39 is 6.10 Å². The minimum absolute atomic E-state index is 0.0860. The number of likely N-dealkylation sites (N-methyl/N-ethyl adjacent to an activating group) is 1. The number of alkyl halides is 1. The van der Waals surface area contributed by atoms with Crippen molar-refractivity contribution >= 4 is 28.9 Å². The van der Waals surface area contributed by atoms with Gasteiger partial charge in [0.2, 0.25) is 5.91 Å². The Morgan fingerprint density at radius 1 is 1.37 bits per heavy atom. The van der Waals surface area contributed by atoms with Gasteiger partial charge in [-0.3, -0.25) is 4.79 Å². The SMILES string of the molecule is CN(C)CC(=O)Nc1ccccc1NCC(O)CCl. The van der Waals surface area contributed by atoms with Crippen LogP contribution in [0.3, 0.4) is 0 Å². The van der Waals surface area contributed by atoms with Crippen molar-refractivity contribution in [3.63, 3.8) is 0 Å². The van der Waals surface area contributed by atoms with E-state index in [0.29, 0.717) is 18.8 Å². The van der Waals surface area contributed by atoms with Gasteiger partial charge in [-0.1, -0.05) is 12.1 Å². The van der Waals surface area contributed by atoms with Crippen molar-refractivity contribution in [2.45, 2.75) is 6.10 Å². The first kappa shape index (κ1) is 15.8. The van der Waals surface area contributed by atoms with E-state index in [4.69, 9.17) is 11.6 Å². The molecule has 19 heavy (non-hydrogen) atoms. The van der Waals surface area contributed by atoms with Gasteiger partial charge in [-0.25, -0.2) is 0 Å². The van der Waals surface area contributed by atoms with Crippen molar-refractivity contribution < 1.29 is 9.90 Å². The molecule has 5 nitrogen and oxygen atoms in total. The van der Waals surface area contributed by atoms with E-state index in [1.165, 1.54) is 0 Å². The summed E-state index contributed by atoms with van der Waals surface area (Å²) in [6.07, 6.45) is -0.618. The molecule has 1 amide bonds. The molecule has 3 N–H and O–H groups in total. The molecule has 0 aromatic heterocycles. The molecule has 0 saturated heterocycles. The molecule has 0 aliphatic heterocycles. The molecule has 6 heteroatoms. The summed E-state index contributed by atoms with van der Waals surface area (Å²) in [5.41, 5.74) is 1.45. The number of para-hydroxylation sites is 2. The van der Waals surface area contributed by atoms with Crippen LogP contribution >= 0.6 is 11.6 Å². The molecule has 0 aliphatic carbocycles. The summed E-state index contributed by atoms with van der Waals surface area (Å²) in [4.78, 5) is 13.5. The molecule has 0 heterocycles. The van der Waals surface area contributed by atoms with Gasteiger partial charge in [0.25, 0.3) is 0 Å². The van der Waals surface area contributed by atoms with Gasteiger partial charge in [0.1, 0.15) is 0 Å². The number of anilines is 2. The quantitative estimate of drug-likeness (QED) is 0.659.